The third kappa shape index (κ3) is 4.76. The molecule has 0 bridgehead atoms. The van der Waals surface area contributed by atoms with Crippen molar-refractivity contribution in [3.63, 3.8) is 0 Å². The summed E-state index contributed by atoms with van der Waals surface area (Å²) in [7, 11) is 3.07. The minimum Gasteiger partial charge on any atom is -0.362 e. The molecule has 0 radical (unpaired) electrons. The van der Waals surface area contributed by atoms with Gasteiger partial charge >= 0.3 is 0 Å². The molecular formula is C26H25F5N8O. The van der Waals surface area contributed by atoms with E-state index in [2.05, 4.69) is 25.5 Å². The van der Waals surface area contributed by atoms with Crippen molar-refractivity contribution in [1.82, 2.24) is 29.5 Å². The lowest BCUT2D eigenvalue weighted by molar-refractivity contribution is -0.170. The van der Waals surface area contributed by atoms with E-state index in [1.807, 2.05) is 4.90 Å². The number of nitrogens with one attached hydrogen (secondary N) is 1. The molecule has 6 rings (SSSR count). The number of ether oxygens (including phenoxy) is 1. The van der Waals surface area contributed by atoms with Gasteiger partial charge in [-0.05, 0) is 30.3 Å². The molecular weight excluding hydrogens is 535 g/mol. The first kappa shape index (κ1) is 26.2. The smallest absolute Gasteiger partial charge is 0.282 e. The monoisotopic (exact) mass is 560 g/mol. The van der Waals surface area contributed by atoms with Gasteiger partial charge in [0, 0.05) is 80.3 Å². The Balaban J connectivity index is 1.15. The number of alkyl halides is 4. The molecule has 1 spiro atoms. The second-order valence-electron chi connectivity index (χ2n) is 10.4. The SMILES string of the molecule is COCn1cc(-c2ccc(Nc3nc(-c4ccc(N5CC6(C5)CC(F)(F)C6)nc4)nn3C)cc2F)c(C(F)F)n1. The van der Waals surface area contributed by atoms with Crippen LogP contribution < -0.4 is 10.2 Å². The molecule has 3 aromatic heterocycles. The van der Waals surface area contributed by atoms with E-state index in [0.717, 1.165) is 0 Å². The van der Waals surface area contributed by atoms with Crippen LogP contribution in [-0.4, -0.2) is 55.7 Å². The number of rotatable bonds is 8. The van der Waals surface area contributed by atoms with Crippen LogP contribution in [0.15, 0.2) is 42.7 Å². The van der Waals surface area contributed by atoms with Crippen LogP contribution in [0.2, 0.25) is 0 Å². The molecule has 4 heterocycles. The van der Waals surface area contributed by atoms with Gasteiger partial charge in [0.25, 0.3) is 6.43 Å². The Hall–Kier alpha value is -4.07. The normalized spacial score (nSPS) is 17.2. The average molecular weight is 561 g/mol. The number of benzene rings is 1. The van der Waals surface area contributed by atoms with Crippen molar-refractivity contribution in [2.75, 3.05) is 30.4 Å². The largest absolute Gasteiger partial charge is 0.362 e. The fraction of sp³-hybridized carbons (Fsp3) is 0.385. The Bertz CT molecular complexity index is 1540. The molecule has 4 aromatic rings. The van der Waals surface area contributed by atoms with Crippen LogP contribution in [0, 0.1) is 11.2 Å². The molecule has 1 aromatic carbocycles. The fourth-order valence-electron chi connectivity index (χ4n) is 5.46. The van der Waals surface area contributed by atoms with Crippen LogP contribution in [0.25, 0.3) is 22.5 Å². The molecule has 2 fully saturated rings. The van der Waals surface area contributed by atoms with E-state index in [1.54, 1.807) is 31.4 Å². The van der Waals surface area contributed by atoms with Gasteiger partial charge in [-0.3, -0.25) is 0 Å². The summed E-state index contributed by atoms with van der Waals surface area (Å²) in [5.74, 6) is -1.85. The first-order valence-electron chi connectivity index (χ1n) is 12.5. The van der Waals surface area contributed by atoms with E-state index in [4.69, 9.17) is 4.74 Å². The highest BCUT2D eigenvalue weighted by Crippen LogP contribution is 2.57. The summed E-state index contributed by atoms with van der Waals surface area (Å²) < 4.78 is 76.2. The van der Waals surface area contributed by atoms with Gasteiger partial charge in [-0.1, -0.05) is 0 Å². The van der Waals surface area contributed by atoms with Gasteiger partial charge in [0.2, 0.25) is 11.9 Å². The number of halogens is 5. The molecule has 2 aliphatic rings. The maximum Gasteiger partial charge on any atom is 0.282 e. The van der Waals surface area contributed by atoms with Crippen LogP contribution in [-0.2, 0) is 18.5 Å². The van der Waals surface area contributed by atoms with Gasteiger partial charge in [0.15, 0.2) is 5.82 Å². The fourth-order valence-corrected chi connectivity index (χ4v) is 5.46. The van der Waals surface area contributed by atoms with Crippen LogP contribution in [0.4, 0.5) is 39.4 Å². The zero-order valence-corrected chi connectivity index (χ0v) is 21.6. The number of aryl methyl sites for hydroxylation is 1. The summed E-state index contributed by atoms with van der Waals surface area (Å²) in [6.45, 7) is 1.09. The van der Waals surface area contributed by atoms with Gasteiger partial charge in [-0.2, -0.15) is 10.1 Å². The average Bonchev–Trinajstić information content (AvgIpc) is 3.45. The van der Waals surface area contributed by atoms with Crippen molar-refractivity contribution < 1.29 is 26.7 Å². The second kappa shape index (κ2) is 9.54. The molecule has 1 aliphatic heterocycles. The molecule has 1 N–H and O–H groups in total. The molecule has 1 saturated carbocycles. The number of aromatic nitrogens is 6. The summed E-state index contributed by atoms with van der Waals surface area (Å²) in [5.41, 5.74) is 0.119. The molecule has 9 nitrogen and oxygen atoms in total. The summed E-state index contributed by atoms with van der Waals surface area (Å²) in [5, 5.41) is 11.2. The van der Waals surface area contributed by atoms with Crippen molar-refractivity contribution in [2.24, 2.45) is 12.5 Å². The molecule has 0 amide bonds. The minimum absolute atomic E-state index is 0.0211. The number of methoxy groups -OCH3 is 1. The summed E-state index contributed by atoms with van der Waals surface area (Å²) in [6.07, 6.45) is -0.0798. The van der Waals surface area contributed by atoms with Gasteiger partial charge in [0.05, 0.1) is 0 Å². The molecule has 40 heavy (non-hydrogen) atoms. The van der Waals surface area contributed by atoms with Crippen molar-refractivity contribution in [3.8, 4) is 22.5 Å². The van der Waals surface area contributed by atoms with E-state index in [1.165, 1.54) is 34.8 Å². The molecule has 1 aliphatic carbocycles. The van der Waals surface area contributed by atoms with Crippen molar-refractivity contribution in [2.45, 2.75) is 31.9 Å². The van der Waals surface area contributed by atoms with E-state index in [-0.39, 0.29) is 36.1 Å². The first-order chi connectivity index (χ1) is 19.0. The molecule has 0 atom stereocenters. The number of nitrogens with zero attached hydrogens (tertiary/aromatic N) is 7. The Morgan fingerprint density at radius 2 is 1.85 bits per heavy atom. The zero-order chi connectivity index (χ0) is 28.2. The van der Waals surface area contributed by atoms with E-state index in [9.17, 15) is 17.6 Å². The Morgan fingerprint density at radius 1 is 1.07 bits per heavy atom. The van der Waals surface area contributed by atoms with E-state index < -0.39 is 23.9 Å². The van der Waals surface area contributed by atoms with Crippen LogP contribution in [0.1, 0.15) is 25.0 Å². The third-order valence-corrected chi connectivity index (χ3v) is 7.19. The second-order valence-corrected chi connectivity index (χ2v) is 10.4. The van der Waals surface area contributed by atoms with Crippen LogP contribution in [0.3, 0.4) is 0 Å². The number of hydrogen-bond donors (Lipinski definition) is 1. The maximum atomic E-state index is 15.1. The third-order valence-electron chi connectivity index (χ3n) is 7.19. The van der Waals surface area contributed by atoms with Gasteiger partial charge < -0.3 is 15.0 Å². The van der Waals surface area contributed by atoms with Crippen molar-refractivity contribution >= 4 is 17.5 Å². The van der Waals surface area contributed by atoms with Crippen molar-refractivity contribution in [1.29, 1.82) is 0 Å². The van der Waals surface area contributed by atoms with Crippen LogP contribution in [0.5, 0.6) is 0 Å². The summed E-state index contributed by atoms with van der Waals surface area (Å²) >= 11 is 0. The first-order valence-corrected chi connectivity index (χ1v) is 12.5. The quantitative estimate of drug-likeness (QED) is 0.289. The van der Waals surface area contributed by atoms with E-state index in [0.29, 0.717) is 41.9 Å². The predicted octanol–water partition coefficient (Wildman–Crippen LogP) is 5.40. The lowest BCUT2D eigenvalue weighted by atomic mass is 9.61. The number of pyridine rings is 1. The molecule has 210 valence electrons. The van der Waals surface area contributed by atoms with Gasteiger partial charge in [0.1, 0.15) is 24.1 Å². The predicted molar refractivity (Wildman–Crippen MR) is 136 cm³/mol. The lowest BCUT2D eigenvalue weighted by Gasteiger charge is -2.59. The van der Waals surface area contributed by atoms with Crippen molar-refractivity contribution in [3.05, 3.63) is 54.2 Å². The van der Waals surface area contributed by atoms with E-state index >= 15 is 4.39 Å². The minimum atomic E-state index is -2.88. The highest BCUT2D eigenvalue weighted by Gasteiger charge is 2.61. The Labute approximate surface area is 225 Å². The van der Waals surface area contributed by atoms with Crippen LogP contribution >= 0.6 is 0 Å². The topological polar surface area (TPSA) is 85.9 Å². The Morgan fingerprint density at radius 3 is 2.48 bits per heavy atom. The number of hydrogen-bond acceptors (Lipinski definition) is 7. The van der Waals surface area contributed by atoms with Gasteiger partial charge in [-0.25, -0.2) is 36.3 Å². The molecule has 14 heteroatoms. The summed E-state index contributed by atoms with van der Waals surface area (Å²) in [6, 6.07) is 7.73. The summed E-state index contributed by atoms with van der Waals surface area (Å²) in [4.78, 5) is 10.9. The zero-order valence-electron chi connectivity index (χ0n) is 21.6. The highest BCUT2D eigenvalue weighted by molar-refractivity contribution is 5.70. The van der Waals surface area contributed by atoms with Gasteiger partial charge in [-0.15, -0.1) is 5.10 Å². The molecule has 1 saturated heterocycles. The number of anilines is 3. The lowest BCUT2D eigenvalue weighted by Crippen LogP contribution is -2.66. The standard InChI is InChI=1S/C26H25F5N8O/c1-37-24(33-16-4-5-17(19(27)7-16)18-9-39(14-40-2)35-21(18)22(28)29)34-23(36-37)15-3-6-20(32-8-15)38-12-25(13-38)10-26(30,31)11-25/h3-9,22H,10-14H2,1-2H3,(H,33,34,36). The maximum absolute atomic E-state index is 15.1. The Kier molecular flexibility index (Phi) is 6.24. The molecule has 0 unspecified atom stereocenters. The highest BCUT2D eigenvalue weighted by atomic mass is 19.3.